The van der Waals surface area contributed by atoms with E-state index in [1.807, 2.05) is 19.2 Å². The average molecular weight is 290 g/mol. The molecule has 0 bridgehead atoms. The summed E-state index contributed by atoms with van der Waals surface area (Å²) < 4.78 is 5.60. The Morgan fingerprint density at radius 3 is 2.60 bits per heavy atom. The minimum Gasteiger partial charge on any atom is -0.494 e. The molecule has 2 rings (SSSR count). The highest BCUT2D eigenvalue weighted by Crippen LogP contribution is 2.32. The van der Waals surface area contributed by atoms with Crippen molar-refractivity contribution in [3.05, 3.63) is 34.8 Å². The van der Waals surface area contributed by atoms with Crippen molar-refractivity contribution in [1.29, 1.82) is 0 Å². The number of hydrogen-bond acceptors (Lipinski definition) is 4. The second kappa shape index (κ2) is 6.86. The van der Waals surface area contributed by atoms with Crippen LogP contribution in [-0.2, 0) is 0 Å². The van der Waals surface area contributed by atoms with Crippen LogP contribution in [0.15, 0.2) is 24.3 Å². The summed E-state index contributed by atoms with van der Waals surface area (Å²) in [5.41, 5.74) is 2.26. The van der Waals surface area contributed by atoms with Crippen LogP contribution in [0.5, 0.6) is 5.75 Å². The van der Waals surface area contributed by atoms with Gasteiger partial charge in [0.05, 0.1) is 12.3 Å². The number of aromatic nitrogens is 1. The zero-order chi connectivity index (χ0) is 14.5. The molecule has 0 radical (unpaired) electrons. The maximum atomic E-state index is 5.60. The molecule has 1 aromatic carbocycles. The molecule has 108 valence electrons. The molecule has 0 aliphatic carbocycles. The van der Waals surface area contributed by atoms with E-state index in [0.717, 1.165) is 35.0 Å². The van der Waals surface area contributed by atoms with E-state index in [2.05, 4.69) is 43.2 Å². The number of nitrogens with zero attached hydrogens (tertiary/aromatic N) is 1. The van der Waals surface area contributed by atoms with E-state index >= 15 is 0 Å². The molecule has 0 aliphatic heterocycles. The maximum absolute atomic E-state index is 5.60. The van der Waals surface area contributed by atoms with Crippen LogP contribution in [0.4, 0.5) is 0 Å². The first-order valence-electron chi connectivity index (χ1n) is 7.03. The fourth-order valence-corrected chi connectivity index (χ4v) is 3.11. The van der Waals surface area contributed by atoms with E-state index < -0.39 is 0 Å². The second-order valence-electron chi connectivity index (χ2n) is 4.85. The Morgan fingerprint density at radius 1 is 1.30 bits per heavy atom. The van der Waals surface area contributed by atoms with Crippen molar-refractivity contribution in [1.82, 2.24) is 10.3 Å². The van der Waals surface area contributed by atoms with Crippen LogP contribution < -0.4 is 10.1 Å². The van der Waals surface area contributed by atoms with E-state index in [0.29, 0.717) is 6.04 Å². The summed E-state index contributed by atoms with van der Waals surface area (Å²) in [5, 5.41) is 4.34. The van der Waals surface area contributed by atoms with Crippen LogP contribution in [0, 0.1) is 6.92 Å². The summed E-state index contributed by atoms with van der Waals surface area (Å²) in [6.07, 6.45) is 1.03. The Bertz CT molecular complexity index is 548. The monoisotopic (exact) mass is 290 g/mol. The number of thiazole rings is 1. The second-order valence-corrected chi connectivity index (χ2v) is 5.88. The Labute approximate surface area is 125 Å². The molecule has 1 unspecified atom stereocenters. The van der Waals surface area contributed by atoms with Gasteiger partial charge < -0.3 is 10.1 Å². The summed E-state index contributed by atoms with van der Waals surface area (Å²) in [7, 11) is 1.98. The van der Waals surface area contributed by atoms with Crippen molar-refractivity contribution in [3.8, 4) is 16.3 Å². The fraction of sp³-hybridized carbons (Fsp3) is 0.438. The van der Waals surface area contributed by atoms with Crippen molar-refractivity contribution in [2.24, 2.45) is 0 Å². The van der Waals surface area contributed by atoms with E-state index in [9.17, 15) is 0 Å². The van der Waals surface area contributed by atoms with Gasteiger partial charge in [-0.15, -0.1) is 11.3 Å². The summed E-state index contributed by atoms with van der Waals surface area (Å²) in [5.74, 6) is 0.924. The third-order valence-corrected chi connectivity index (χ3v) is 4.62. The largest absolute Gasteiger partial charge is 0.494 e. The fourth-order valence-electron chi connectivity index (χ4n) is 1.98. The Morgan fingerprint density at radius 2 is 2.00 bits per heavy atom. The van der Waals surface area contributed by atoms with Crippen LogP contribution >= 0.6 is 11.3 Å². The zero-order valence-corrected chi connectivity index (χ0v) is 13.4. The van der Waals surface area contributed by atoms with Gasteiger partial charge in [-0.25, -0.2) is 4.98 Å². The molecule has 0 spiro atoms. The first-order valence-corrected chi connectivity index (χ1v) is 7.85. The first-order chi connectivity index (χ1) is 9.65. The lowest BCUT2D eigenvalue weighted by atomic mass is 10.2. The zero-order valence-electron chi connectivity index (χ0n) is 12.6. The molecular formula is C16H22N2OS. The molecule has 0 saturated heterocycles. The average Bonchev–Trinajstić information content (AvgIpc) is 2.87. The van der Waals surface area contributed by atoms with Gasteiger partial charge in [-0.3, -0.25) is 0 Å². The van der Waals surface area contributed by atoms with Gasteiger partial charge in [0.15, 0.2) is 0 Å². The lowest BCUT2D eigenvalue weighted by Crippen LogP contribution is -2.11. The molecular weight excluding hydrogens is 268 g/mol. The van der Waals surface area contributed by atoms with Crippen molar-refractivity contribution >= 4 is 11.3 Å². The number of benzene rings is 1. The minimum atomic E-state index is 0.341. The Hall–Kier alpha value is -1.39. The molecule has 0 amide bonds. The smallest absolute Gasteiger partial charge is 0.123 e. The number of ether oxygens (including phenoxy) is 1. The highest BCUT2D eigenvalue weighted by atomic mass is 32.1. The molecule has 3 nitrogen and oxygen atoms in total. The number of nitrogens with one attached hydrogen (secondary N) is 1. The number of hydrogen-bond donors (Lipinski definition) is 1. The van der Waals surface area contributed by atoms with Crippen LogP contribution in [0.25, 0.3) is 10.6 Å². The Balaban J connectivity index is 2.19. The molecule has 2 aromatic rings. The van der Waals surface area contributed by atoms with Crippen molar-refractivity contribution in [2.75, 3.05) is 13.7 Å². The summed E-state index contributed by atoms with van der Waals surface area (Å²) >= 11 is 1.75. The summed E-state index contributed by atoms with van der Waals surface area (Å²) in [4.78, 5) is 5.98. The van der Waals surface area contributed by atoms with E-state index in [-0.39, 0.29) is 0 Å². The normalized spacial score (nSPS) is 12.4. The summed E-state index contributed by atoms with van der Waals surface area (Å²) in [6, 6.07) is 8.54. The van der Waals surface area contributed by atoms with Crippen molar-refractivity contribution in [3.63, 3.8) is 0 Å². The van der Waals surface area contributed by atoms with Gasteiger partial charge in [0.1, 0.15) is 10.8 Å². The van der Waals surface area contributed by atoms with Gasteiger partial charge in [-0.05, 0) is 51.6 Å². The van der Waals surface area contributed by atoms with E-state index in [1.54, 1.807) is 11.3 Å². The van der Waals surface area contributed by atoms with Gasteiger partial charge in [-0.1, -0.05) is 6.92 Å². The third kappa shape index (κ3) is 3.38. The summed E-state index contributed by atoms with van der Waals surface area (Å²) in [6.45, 7) is 7.10. The molecule has 1 atom stereocenters. The quantitative estimate of drug-likeness (QED) is 0.866. The van der Waals surface area contributed by atoms with Gasteiger partial charge in [0.25, 0.3) is 0 Å². The van der Waals surface area contributed by atoms with Crippen LogP contribution in [-0.4, -0.2) is 18.6 Å². The molecule has 4 heteroatoms. The highest BCUT2D eigenvalue weighted by Gasteiger charge is 2.13. The van der Waals surface area contributed by atoms with E-state index in [4.69, 9.17) is 4.74 Å². The minimum absolute atomic E-state index is 0.341. The van der Waals surface area contributed by atoms with Gasteiger partial charge in [0.2, 0.25) is 0 Å². The maximum Gasteiger partial charge on any atom is 0.123 e. The molecule has 1 heterocycles. The van der Waals surface area contributed by atoms with Crippen molar-refractivity contribution < 1.29 is 4.74 Å². The van der Waals surface area contributed by atoms with Gasteiger partial charge in [-0.2, -0.15) is 0 Å². The molecule has 0 fully saturated rings. The number of rotatable bonds is 6. The molecule has 1 N–H and O–H groups in total. The molecule has 20 heavy (non-hydrogen) atoms. The predicted octanol–water partition coefficient (Wildman–Crippen LogP) is 4.19. The van der Waals surface area contributed by atoms with Crippen molar-refractivity contribution in [2.45, 2.75) is 33.2 Å². The van der Waals surface area contributed by atoms with Gasteiger partial charge >= 0.3 is 0 Å². The van der Waals surface area contributed by atoms with E-state index in [1.165, 1.54) is 4.88 Å². The Kier molecular flexibility index (Phi) is 5.15. The topological polar surface area (TPSA) is 34.1 Å². The lowest BCUT2D eigenvalue weighted by Gasteiger charge is -2.07. The highest BCUT2D eigenvalue weighted by molar-refractivity contribution is 7.15. The standard InChI is InChI=1S/C16H22N2OS/c1-5-10-19-14-8-6-13(7-9-14)16-18-12(3)15(20-16)11(2)17-4/h6-9,11,17H,5,10H2,1-4H3. The molecule has 0 aliphatic rings. The van der Waals surface area contributed by atoms with Crippen LogP contribution in [0.1, 0.15) is 36.9 Å². The molecule has 0 saturated carbocycles. The van der Waals surface area contributed by atoms with Crippen LogP contribution in [0.3, 0.4) is 0 Å². The first kappa shape index (κ1) is 15.0. The lowest BCUT2D eigenvalue weighted by molar-refractivity contribution is 0.317. The SMILES string of the molecule is CCCOc1ccc(-c2nc(C)c(C(C)NC)s2)cc1. The predicted molar refractivity (Wildman–Crippen MR) is 85.5 cm³/mol. The van der Waals surface area contributed by atoms with Crippen LogP contribution in [0.2, 0.25) is 0 Å². The third-order valence-electron chi connectivity index (χ3n) is 3.23. The number of aryl methyl sites for hydroxylation is 1. The molecule has 1 aromatic heterocycles. The van der Waals surface area contributed by atoms with Gasteiger partial charge in [0, 0.05) is 16.5 Å².